The maximum atomic E-state index is 10.7. The van der Waals surface area contributed by atoms with E-state index in [1.54, 1.807) is 0 Å². The lowest BCUT2D eigenvalue weighted by Crippen LogP contribution is -2.24. The second kappa shape index (κ2) is 4.54. The predicted molar refractivity (Wildman–Crippen MR) is 64.8 cm³/mol. The van der Waals surface area contributed by atoms with Gasteiger partial charge in [0.15, 0.2) is 0 Å². The van der Waals surface area contributed by atoms with Crippen LogP contribution in [0.25, 0.3) is 0 Å². The third kappa shape index (κ3) is 2.82. The van der Waals surface area contributed by atoms with Crippen molar-refractivity contribution in [1.82, 2.24) is 9.88 Å². The summed E-state index contributed by atoms with van der Waals surface area (Å²) >= 11 is 0. The lowest BCUT2D eigenvalue weighted by Gasteiger charge is -2.13. The van der Waals surface area contributed by atoms with E-state index in [4.69, 9.17) is 5.73 Å². The third-order valence-corrected chi connectivity index (χ3v) is 2.78. The Bertz CT molecular complexity index is 437. The van der Waals surface area contributed by atoms with Crippen LogP contribution in [0.15, 0.2) is 12.1 Å². The molecule has 2 heterocycles. The van der Waals surface area contributed by atoms with Crippen LogP contribution in [-0.2, 0) is 0 Å². The van der Waals surface area contributed by atoms with Crippen molar-refractivity contribution in [3.8, 4) is 0 Å². The molecule has 92 valence electrons. The van der Waals surface area contributed by atoms with E-state index >= 15 is 0 Å². The number of anilines is 2. The van der Waals surface area contributed by atoms with E-state index in [1.807, 2.05) is 7.05 Å². The Morgan fingerprint density at radius 1 is 1.65 bits per heavy atom. The Labute approximate surface area is 98.8 Å². The fraction of sp³-hybridized carbons (Fsp3) is 0.500. The number of nitro groups is 1. The number of hydrogen-bond acceptors (Lipinski definition) is 6. The van der Waals surface area contributed by atoms with E-state index < -0.39 is 4.92 Å². The molecule has 0 aliphatic carbocycles. The summed E-state index contributed by atoms with van der Waals surface area (Å²) < 4.78 is 0. The summed E-state index contributed by atoms with van der Waals surface area (Å²) in [4.78, 5) is 16.5. The van der Waals surface area contributed by atoms with E-state index in [9.17, 15) is 10.1 Å². The van der Waals surface area contributed by atoms with Crippen LogP contribution in [0.1, 0.15) is 6.42 Å². The van der Waals surface area contributed by atoms with E-state index in [1.165, 1.54) is 12.1 Å². The zero-order valence-corrected chi connectivity index (χ0v) is 9.59. The minimum absolute atomic E-state index is 0.0358. The number of aromatic nitrogens is 1. The van der Waals surface area contributed by atoms with E-state index in [0.717, 1.165) is 19.5 Å². The van der Waals surface area contributed by atoms with Crippen LogP contribution in [0.4, 0.5) is 17.3 Å². The van der Waals surface area contributed by atoms with Crippen molar-refractivity contribution in [2.75, 3.05) is 31.2 Å². The van der Waals surface area contributed by atoms with Gasteiger partial charge in [0.05, 0.1) is 17.1 Å². The first kappa shape index (κ1) is 11.6. The van der Waals surface area contributed by atoms with Crippen LogP contribution in [0, 0.1) is 10.1 Å². The number of likely N-dealkylation sites (tertiary alicyclic amines) is 1. The number of nitrogens with two attached hydrogens (primary N) is 1. The normalized spacial score (nSPS) is 20.4. The van der Waals surface area contributed by atoms with Gasteiger partial charge < -0.3 is 16.0 Å². The van der Waals surface area contributed by atoms with Gasteiger partial charge in [0.2, 0.25) is 0 Å². The molecule has 1 aromatic heterocycles. The van der Waals surface area contributed by atoms with E-state index in [0.29, 0.717) is 5.82 Å². The van der Waals surface area contributed by atoms with Crippen LogP contribution in [0.2, 0.25) is 0 Å². The molecular formula is C10H15N5O2. The highest BCUT2D eigenvalue weighted by atomic mass is 16.6. The summed E-state index contributed by atoms with van der Waals surface area (Å²) in [5.41, 5.74) is 5.50. The topological polar surface area (TPSA) is 97.3 Å². The minimum Gasteiger partial charge on any atom is -0.383 e. The molecule has 1 saturated heterocycles. The molecule has 3 N–H and O–H groups in total. The molecule has 1 unspecified atom stereocenters. The summed E-state index contributed by atoms with van der Waals surface area (Å²) in [6.45, 7) is 1.92. The Morgan fingerprint density at radius 3 is 3.00 bits per heavy atom. The summed E-state index contributed by atoms with van der Waals surface area (Å²) in [6.07, 6.45) is 1.00. The van der Waals surface area contributed by atoms with Gasteiger partial charge in [0.1, 0.15) is 11.6 Å². The Kier molecular flexibility index (Phi) is 3.10. The molecule has 1 aromatic rings. The van der Waals surface area contributed by atoms with Crippen molar-refractivity contribution in [2.45, 2.75) is 12.5 Å². The molecule has 0 amide bonds. The van der Waals surface area contributed by atoms with Crippen LogP contribution in [0.5, 0.6) is 0 Å². The third-order valence-electron chi connectivity index (χ3n) is 2.78. The number of nitrogen functional groups attached to an aromatic ring is 1. The number of likely N-dealkylation sites (N-methyl/N-ethyl adjacent to an activating group) is 1. The fourth-order valence-corrected chi connectivity index (χ4v) is 1.98. The smallest absolute Gasteiger partial charge is 0.276 e. The Hall–Kier alpha value is -1.89. The van der Waals surface area contributed by atoms with Crippen molar-refractivity contribution >= 4 is 17.3 Å². The molecule has 1 aliphatic rings. The number of hydrogen-bond donors (Lipinski definition) is 2. The van der Waals surface area contributed by atoms with Crippen molar-refractivity contribution in [2.24, 2.45) is 0 Å². The molecule has 2 rings (SSSR count). The van der Waals surface area contributed by atoms with Crippen molar-refractivity contribution < 1.29 is 4.92 Å². The van der Waals surface area contributed by atoms with Gasteiger partial charge in [-0.15, -0.1) is 0 Å². The summed E-state index contributed by atoms with van der Waals surface area (Å²) in [5.74, 6) is 0.630. The highest BCUT2D eigenvalue weighted by molar-refractivity contribution is 5.53. The fourth-order valence-electron chi connectivity index (χ4n) is 1.98. The molecule has 0 spiro atoms. The first-order chi connectivity index (χ1) is 8.04. The summed E-state index contributed by atoms with van der Waals surface area (Å²) in [7, 11) is 2.04. The number of rotatable bonds is 3. The molecule has 17 heavy (non-hydrogen) atoms. The van der Waals surface area contributed by atoms with Gasteiger partial charge in [-0.25, -0.2) is 4.98 Å². The molecule has 0 aromatic carbocycles. The second-order valence-electron chi connectivity index (χ2n) is 4.28. The van der Waals surface area contributed by atoms with Gasteiger partial charge in [0, 0.05) is 12.6 Å². The summed E-state index contributed by atoms with van der Waals surface area (Å²) in [5, 5.41) is 13.9. The summed E-state index contributed by atoms with van der Waals surface area (Å²) in [6, 6.07) is 2.94. The lowest BCUT2D eigenvalue weighted by molar-refractivity contribution is -0.384. The lowest BCUT2D eigenvalue weighted by atomic mass is 10.2. The van der Waals surface area contributed by atoms with Crippen molar-refractivity contribution in [3.05, 3.63) is 22.2 Å². The SMILES string of the molecule is CN1CCC(Nc2cc([N+](=O)[O-])cc(N)n2)C1. The van der Waals surface area contributed by atoms with Gasteiger partial charge >= 0.3 is 0 Å². The monoisotopic (exact) mass is 237 g/mol. The quantitative estimate of drug-likeness (QED) is 0.593. The molecule has 1 fully saturated rings. The van der Waals surface area contributed by atoms with Gasteiger partial charge in [-0.05, 0) is 20.0 Å². The van der Waals surface area contributed by atoms with Gasteiger partial charge in [0.25, 0.3) is 5.69 Å². The zero-order valence-electron chi connectivity index (χ0n) is 9.59. The van der Waals surface area contributed by atoms with E-state index in [2.05, 4.69) is 15.2 Å². The molecule has 1 atom stereocenters. The largest absolute Gasteiger partial charge is 0.383 e. The van der Waals surface area contributed by atoms with Crippen LogP contribution in [-0.4, -0.2) is 41.0 Å². The first-order valence-corrected chi connectivity index (χ1v) is 5.41. The minimum atomic E-state index is -0.468. The molecule has 7 heteroatoms. The second-order valence-corrected chi connectivity index (χ2v) is 4.28. The number of nitrogens with one attached hydrogen (secondary N) is 1. The number of nitrogens with zero attached hydrogens (tertiary/aromatic N) is 3. The van der Waals surface area contributed by atoms with Gasteiger partial charge in [-0.3, -0.25) is 10.1 Å². The maximum absolute atomic E-state index is 10.7. The average molecular weight is 237 g/mol. The Morgan fingerprint density at radius 2 is 2.41 bits per heavy atom. The van der Waals surface area contributed by atoms with E-state index in [-0.39, 0.29) is 17.5 Å². The van der Waals surface area contributed by atoms with Gasteiger partial charge in [-0.2, -0.15) is 0 Å². The zero-order chi connectivity index (χ0) is 12.4. The standard InChI is InChI=1S/C10H15N5O2/c1-14-3-2-7(6-14)12-10-5-8(15(16)17)4-9(11)13-10/h4-5,7H,2-3,6H2,1H3,(H3,11,12,13). The highest BCUT2D eigenvalue weighted by Crippen LogP contribution is 2.20. The molecule has 7 nitrogen and oxygen atoms in total. The first-order valence-electron chi connectivity index (χ1n) is 5.41. The van der Waals surface area contributed by atoms with Crippen LogP contribution < -0.4 is 11.1 Å². The van der Waals surface area contributed by atoms with Crippen molar-refractivity contribution in [1.29, 1.82) is 0 Å². The maximum Gasteiger partial charge on any atom is 0.276 e. The van der Waals surface area contributed by atoms with Crippen molar-refractivity contribution in [3.63, 3.8) is 0 Å². The molecule has 0 radical (unpaired) electrons. The average Bonchev–Trinajstić information content (AvgIpc) is 2.63. The number of pyridine rings is 1. The van der Waals surface area contributed by atoms with Crippen LogP contribution in [0.3, 0.4) is 0 Å². The highest BCUT2D eigenvalue weighted by Gasteiger charge is 2.20. The molecule has 0 bridgehead atoms. The molecule has 0 saturated carbocycles. The van der Waals surface area contributed by atoms with Crippen LogP contribution >= 0.6 is 0 Å². The Balaban J connectivity index is 2.12. The van der Waals surface area contributed by atoms with Gasteiger partial charge in [-0.1, -0.05) is 0 Å². The molecular weight excluding hydrogens is 222 g/mol. The predicted octanol–water partition coefficient (Wildman–Crippen LogP) is 0.688. The molecule has 1 aliphatic heterocycles.